The summed E-state index contributed by atoms with van der Waals surface area (Å²) in [6, 6.07) is 0. The average Bonchev–Trinajstić information content (AvgIpc) is 2.97. The second-order valence-corrected chi connectivity index (χ2v) is 5.07. The second kappa shape index (κ2) is 14.8. The molecule has 0 spiro atoms. The van der Waals surface area contributed by atoms with Crippen molar-refractivity contribution in [3.8, 4) is 0 Å². The van der Waals surface area contributed by atoms with E-state index >= 15 is 0 Å². The summed E-state index contributed by atoms with van der Waals surface area (Å²) in [5.41, 5.74) is 0. The van der Waals surface area contributed by atoms with Crippen molar-refractivity contribution in [1.29, 1.82) is 0 Å². The molecule has 1 heterocycles. The number of rotatable bonds is 10. The molecule has 0 radical (unpaired) electrons. The maximum atomic E-state index is 10.7. The molecule has 0 aromatic carbocycles. The number of ether oxygens (including phenoxy) is 1. The molecule has 0 fully saturated rings. The zero-order chi connectivity index (χ0) is 15.8. The molecule has 0 amide bonds. The predicted molar refractivity (Wildman–Crippen MR) is 87.0 cm³/mol. The van der Waals surface area contributed by atoms with Crippen molar-refractivity contribution in [2.75, 3.05) is 6.61 Å². The van der Waals surface area contributed by atoms with Crippen LogP contribution in [0.5, 0.6) is 0 Å². The zero-order valence-corrected chi connectivity index (χ0v) is 13.6. The number of aromatic nitrogens is 2. The Hall–Kier alpha value is -1.58. The van der Waals surface area contributed by atoms with Gasteiger partial charge in [0.15, 0.2) is 0 Å². The molecular weight excluding hydrogens is 264 g/mol. The van der Waals surface area contributed by atoms with Gasteiger partial charge in [-0.15, -0.1) is 0 Å². The van der Waals surface area contributed by atoms with Gasteiger partial charge in [-0.3, -0.25) is 0 Å². The predicted octanol–water partition coefficient (Wildman–Crippen LogP) is 4.28. The maximum Gasteiger partial charge on any atom is 0.330 e. The van der Waals surface area contributed by atoms with E-state index in [1.165, 1.54) is 44.6 Å². The number of hydrogen-bond donors (Lipinski definition) is 0. The van der Waals surface area contributed by atoms with E-state index in [-0.39, 0.29) is 5.97 Å². The third-order valence-corrected chi connectivity index (χ3v) is 3.05. The molecule has 0 aliphatic heterocycles. The minimum Gasteiger partial charge on any atom is -0.463 e. The third-order valence-electron chi connectivity index (χ3n) is 3.05. The van der Waals surface area contributed by atoms with Gasteiger partial charge in [-0.1, -0.05) is 58.4 Å². The normalized spacial score (nSPS) is 9.62. The van der Waals surface area contributed by atoms with Gasteiger partial charge in [0.1, 0.15) is 0 Å². The van der Waals surface area contributed by atoms with Crippen LogP contribution in [0.25, 0.3) is 0 Å². The van der Waals surface area contributed by atoms with Gasteiger partial charge in [-0.25, -0.2) is 9.78 Å². The molecule has 1 rings (SSSR count). The standard InChI is InChI=1S/C13H24O2.C4H6N2/c1-3-5-6-7-8-9-10-11-12-15-13(14)4-2;1-6-3-2-5-4-6/h4H,2-3,5-12H2,1H3;2-4H,1H3. The Kier molecular flexibility index (Phi) is 13.7. The molecule has 0 aliphatic rings. The van der Waals surface area contributed by atoms with Gasteiger partial charge in [0.05, 0.1) is 12.9 Å². The maximum absolute atomic E-state index is 10.7. The van der Waals surface area contributed by atoms with Crippen LogP contribution < -0.4 is 0 Å². The Labute approximate surface area is 129 Å². The van der Waals surface area contributed by atoms with E-state index in [4.69, 9.17) is 4.74 Å². The van der Waals surface area contributed by atoms with Crippen LogP contribution in [0, 0.1) is 0 Å². The Morgan fingerprint density at radius 2 is 1.81 bits per heavy atom. The van der Waals surface area contributed by atoms with Crippen molar-refractivity contribution >= 4 is 5.97 Å². The van der Waals surface area contributed by atoms with Crippen molar-refractivity contribution in [3.63, 3.8) is 0 Å². The lowest BCUT2D eigenvalue weighted by Gasteiger charge is -2.02. The van der Waals surface area contributed by atoms with Gasteiger partial charge in [-0.05, 0) is 6.42 Å². The first-order valence-corrected chi connectivity index (χ1v) is 7.91. The van der Waals surface area contributed by atoms with Gasteiger partial charge in [0.25, 0.3) is 0 Å². The van der Waals surface area contributed by atoms with Gasteiger partial charge >= 0.3 is 5.97 Å². The number of imidazole rings is 1. The van der Waals surface area contributed by atoms with Crippen LogP contribution in [-0.2, 0) is 16.6 Å². The molecule has 0 N–H and O–H groups in total. The summed E-state index contributed by atoms with van der Waals surface area (Å²) in [4.78, 5) is 14.5. The SMILES string of the molecule is C=CC(=O)OCCCCCCCCCC.Cn1ccnc1. The number of aryl methyl sites for hydroxylation is 1. The summed E-state index contributed by atoms with van der Waals surface area (Å²) in [5.74, 6) is -0.307. The quantitative estimate of drug-likeness (QED) is 0.367. The molecule has 1 aromatic rings. The average molecular weight is 294 g/mol. The molecular formula is C17H30N2O2. The molecule has 0 saturated carbocycles. The van der Waals surface area contributed by atoms with Crippen LogP contribution in [0.4, 0.5) is 0 Å². The lowest BCUT2D eigenvalue weighted by molar-refractivity contribution is -0.137. The van der Waals surface area contributed by atoms with Crippen molar-refractivity contribution in [2.24, 2.45) is 7.05 Å². The molecule has 0 atom stereocenters. The van der Waals surface area contributed by atoms with Gasteiger partial charge in [-0.2, -0.15) is 0 Å². The van der Waals surface area contributed by atoms with E-state index in [2.05, 4.69) is 18.5 Å². The molecule has 4 heteroatoms. The van der Waals surface area contributed by atoms with E-state index in [1.54, 1.807) is 12.5 Å². The van der Waals surface area contributed by atoms with Crippen LogP contribution in [-0.4, -0.2) is 22.1 Å². The number of carbonyl (C=O) groups is 1. The summed E-state index contributed by atoms with van der Waals surface area (Å²) in [7, 11) is 1.94. The molecule has 0 aliphatic carbocycles. The van der Waals surface area contributed by atoms with Crippen LogP contribution >= 0.6 is 0 Å². The number of unbranched alkanes of at least 4 members (excludes halogenated alkanes) is 7. The molecule has 0 bridgehead atoms. The highest BCUT2D eigenvalue weighted by atomic mass is 16.5. The highest BCUT2D eigenvalue weighted by Gasteiger charge is 1.95. The van der Waals surface area contributed by atoms with Gasteiger partial charge in [0.2, 0.25) is 0 Å². The molecule has 120 valence electrons. The molecule has 4 nitrogen and oxygen atoms in total. The topological polar surface area (TPSA) is 44.1 Å². The van der Waals surface area contributed by atoms with Crippen molar-refractivity contribution in [1.82, 2.24) is 9.55 Å². The summed E-state index contributed by atoms with van der Waals surface area (Å²) < 4.78 is 6.77. The van der Waals surface area contributed by atoms with E-state index in [0.717, 1.165) is 12.8 Å². The Morgan fingerprint density at radius 1 is 1.19 bits per heavy atom. The number of nitrogens with zero attached hydrogens (tertiary/aromatic N) is 2. The molecule has 0 unspecified atom stereocenters. The number of hydrogen-bond acceptors (Lipinski definition) is 3. The van der Waals surface area contributed by atoms with Crippen molar-refractivity contribution < 1.29 is 9.53 Å². The van der Waals surface area contributed by atoms with Crippen molar-refractivity contribution in [2.45, 2.75) is 58.3 Å². The third kappa shape index (κ3) is 14.6. The van der Waals surface area contributed by atoms with Crippen LogP contribution in [0.3, 0.4) is 0 Å². The summed E-state index contributed by atoms with van der Waals surface area (Å²) >= 11 is 0. The summed E-state index contributed by atoms with van der Waals surface area (Å²) in [6.45, 7) is 6.11. The number of esters is 1. The Bertz CT molecular complexity index is 348. The van der Waals surface area contributed by atoms with E-state index in [9.17, 15) is 4.79 Å². The Balaban J connectivity index is 0.000000547. The second-order valence-electron chi connectivity index (χ2n) is 5.07. The molecule has 0 saturated heterocycles. The van der Waals surface area contributed by atoms with Gasteiger partial charge in [0, 0.05) is 25.5 Å². The minimum absolute atomic E-state index is 0.307. The van der Waals surface area contributed by atoms with Gasteiger partial charge < -0.3 is 9.30 Å². The highest BCUT2D eigenvalue weighted by Crippen LogP contribution is 2.08. The minimum atomic E-state index is -0.307. The summed E-state index contributed by atoms with van der Waals surface area (Å²) in [5, 5.41) is 0. The van der Waals surface area contributed by atoms with Crippen LogP contribution in [0.15, 0.2) is 31.4 Å². The molecule has 21 heavy (non-hydrogen) atoms. The highest BCUT2D eigenvalue weighted by molar-refractivity contribution is 5.81. The summed E-state index contributed by atoms with van der Waals surface area (Å²) in [6.07, 6.45) is 16.7. The monoisotopic (exact) mass is 294 g/mol. The first-order valence-electron chi connectivity index (χ1n) is 7.91. The lowest BCUT2D eigenvalue weighted by atomic mass is 10.1. The molecule has 1 aromatic heterocycles. The smallest absolute Gasteiger partial charge is 0.330 e. The Morgan fingerprint density at radius 3 is 2.24 bits per heavy atom. The first kappa shape index (κ1) is 19.4. The van der Waals surface area contributed by atoms with E-state index in [1.807, 2.05) is 17.8 Å². The van der Waals surface area contributed by atoms with E-state index in [0.29, 0.717) is 6.61 Å². The van der Waals surface area contributed by atoms with Crippen molar-refractivity contribution in [3.05, 3.63) is 31.4 Å². The fraction of sp³-hybridized carbons (Fsp3) is 0.647. The van der Waals surface area contributed by atoms with Crippen LogP contribution in [0.2, 0.25) is 0 Å². The fourth-order valence-electron chi connectivity index (χ4n) is 1.79. The van der Waals surface area contributed by atoms with E-state index < -0.39 is 0 Å². The van der Waals surface area contributed by atoms with Crippen LogP contribution in [0.1, 0.15) is 58.3 Å². The largest absolute Gasteiger partial charge is 0.463 e. The zero-order valence-electron chi connectivity index (χ0n) is 13.6. The first-order chi connectivity index (χ1) is 10.2. The fourth-order valence-corrected chi connectivity index (χ4v) is 1.79. The number of carbonyl (C=O) groups excluding carboxylic acids is 1. The lowest BCUT2D eigenvalue weighted by Crippen LogP contribution is -2.01.